The first-order valence-corrected chi connectivity index (χ1v) is 9.75. The maximum absolute atomic E-state index is 12.9. The fraction of sp³-hybridized carbons (Fsp3) is 0.556. The monoisotopic (exact) mass is 360 g/mol. The number of hydrogen-bond acceptors (Lipinski definition) is 5. The summed E-state index contributed by atoms with van der Waals surface area (Å²) in [6.45, 7) is 7.23. The van der Waals surface area contributed by atoms with Crippen LogP contribution in [0.1, 0.15) is 28.2 Å². The van der Waals surface area contributed by atoms with Crippen molar-refractivity contribution in [2.45, 2.75) is 25.8 Å². The van der Waals surface area contributed by atoms with E-state index in [1.807, 2.05) is 11.0 Å². The van der Waals surface area contributed by atoms with Gasteiger partial charge in [0, 0.05) is 37.1 Å². The van der Waals surface area contributed by atoms with Gasteiger partial charge in [0.1, 0.15) is 0 Å². The molecule has 2 aromatic heterocycles. The molecule has 1 amide bonds. The SMILES string of the molecule is Cc1ccc(-c2cc(C(=O)N3CCCC(N4CCOCC4)C3)n[nH]2)s1. The number of morpholine rings is 1. The van der Waals surface area contributed by atoms with Crippen LogP contribution in [0, 0.1) is 6.92 Å². The first-order valence-electron chi connectivity index (χ1n) is 8.94. The molecule has 0 radical (unpaired) electrons. The molecule has 2 aliphatic heterocycles. The van der Waals surface area contributed by atoms with Crippen molar-refractivity contribution in [3.63, 3.8) is 0 Å². The van der Waals surface area contributed by atoms with Gasteiger partial charge in [0.25, 0.3) is 5.91 Å². The number of rotatable bonds is 3. The van der Waals surface area contributed by atoms with Crippen molar-refractivity contribution in [1.82, 2.24) is 20.0 Å². The number of carbonyl (C=O) groups excluding carboxylic acids is 1. The van der Waals surface area contributed by atoms with Crippen LogP contribution in [-0.4, -0.2) is 71.3 Å². The first kappa shape index (κ1) is 16.8. The van der Waals surface area contributed by atoms with Crippen molar-refractivity contribution >= 4 is 17.2 Å². The predicted octanol–water partition coefficient (Wildman–Crippen LogP) is 2.38. The quantitative estimate of drug-likeness (QED) is 0.913. The summed E-state index contributed by atoms with van der Waals surface area (Å²) in [5.41, 5.74) is 1.44. The number of aromatic nitrogens is 2. The van der Waals surface area contributed by atoms with Gasteiger partial charge in [-0.1, -0.05) is 0 Å². The largest absolute Gasteiger partial charge is 0.379 e. The number of carbonyl (C=O) groups is 1. The minimum atomic E-state index is 0.0359. The third kappa shape index (κ3) is 3.63. The maximum Gasteiger partial charge on any atom is 0.274 e. The minimum absolute atomic E-state index is 0.0359. The minimum Gasteiger partial charge on any atom is -0.379 e. The molecule has 25 heavy (non-hydrogen) atoms. The van der Waals surface area contributed by atoms with Crippen LogP contribution in [-0.2, 0) is 4.74 Å². The molecule has 2 fully saturated rings. The van der Waals surface area contributed by atoms with E-state index in [1.54, 1.807) is 11.3 Å². The predicted molar refractivity (Wildman–Crippen MR) is 98.0 cm³/mol. The highest BCUT2D eigenvalue weighted by atomic mass is 32.1. The average Bonchev–Trinajstić information content (AvgIpc) is 3.31. The van der Waals surface area contributed by atoms with Crippen LogP contribution in [0.25, 0.3) is 10.6 Å². The molecular formula is C18H24N4O2S. The summed E-state index contributed by atoms with van der Waals surface area (Å²) in [6.07, 6.45) is 2.21. The van der Waals surface area contributed by atoms with Gasteiger partial charge in [0.05, 0.1) is 23.8 Å². The van der Waals surface area contributed by atoms with Crippen LogP contribution in [0.15, 0.2) is 18.2 Å². The van der Waals surface area contributed by atoms with E-state index >= 15 is 0 Å². The normalized spacial score (nSPS) is 22.3. The summed E-state index contributed by atoms with van der Waals surface area (Å²) < 4.78 is 5.45. The van der Waals surface area contributed by atoms with Crippen LogP contribution in [0.4, 0.5) is 0 Å². The lowest BCUT2D eigenvalue weighted by Crippen LogP contribution is -2.52. The van der Waals surface area contributed by atoms with E-state index in [0.29, 0.717) is 11.7 Å². The van der Waals surface area contributed by atoms with Crippen molar-refractivity contribution in [2.75, 3.05) is 39.4 Å². The molecule has 1 atom stereocenters. The molecule has 0 spiro atoms. The van der Waals surface area contributed by atoms with E-state index < -0.39 is 0 Å². The second-order valence-corrected chi connectivity index (χ2v) is 8.06. The summed E-state index contributed by atoms with van der Waals surface area (Å²) in [7, 11) is 0. The molecule has 1 unspecified atom stereocenters. The number of piperidine rings is 1. The molecular weight excluding hydrogens is 336 g/mol. The van der Waals surface area contributed by atoms with Gasteiger partial charge < -0.3 is 9.64 Å². The van der Waals surface area contributed by atoms with E-state index in [2.05, 4.69) is 34.2 Å². The molecule has 6 nitrogen and oxygen atoms in total. The Morgan fingerprint density at radius 3 is 2.92 bits per heavy atom. The van der Waals surface area contributed by atoms with Crippen LogP contribution in [0.3, 0.4) is 0 Å². The van der Waals surface area contributed by atoms with E-state index in [0.717, 1.165) is 62.8 Å². The maximum atomic E-state index is 12.9. The Hall–Kier alpha value is -1.70. The second-order valence-electron chi connectivity index (χ2n) is 6.77. The number of thiophene rings is 1. The van der Waals surface area contributed by atoms with Crippen LogP contribution >= 0.6 is 11.3 Å². The number of H-pyrrole nitrogens is 1. The topological polar surface area (TPSA) is 61.5 Å². The lowest BCUT2D eigenvalue weighted by Gasteiger charge is -2.40. The number of aryl methyl sites for hydroxylation is 1. The van der Waals surface area contributed by atoms with E-state index in [4.69, 9.17) is 4.74 Å². The fourth-order valence-corrected chi connectivity index (χ4v) is 4.51. The smallest absolute Gasteiger partial charge is 0.274 e. The number of aromatic amines is 1. The molecule has 4 heterocycles. The van der Waals surface area contributed by atoms with Crippen molar-refractivity contribution in [3.05, 3.63) is 28.8 Å². The van der Waals surface area contributed by atoms with E-state index in [-0.39, 0.29) is 5.91 Å². The van der Waals surface area contributed by atoms with Gasteiger partial charge in [0.2, 0.25) is 0 Å². The van der Waals surface area contributed by atoms with Crippen LogP contribution in [0.2, 0.25) is 0 Å². The Morgan fingerprint density at radius 2 is 2.16 bits per heavy atom. The zero-order valence-corrected chi connectivity index (χ0v) is 15.3. The number of amides is 1. The molecule has 4 rings (SSSR count). The molecule has 2 aliphatic rings. The lowest BCUT2D eigenvalue weighted by molar-refractivity contribution is -0.00129. The van der Waals surface area contributed by atoms with Gasteiger partial charge in [0.15, 0.2) is 5.69 Å². The highest BCUT2D eigenvalue weighted by Crippen LogP contribution is 2.27. The number of likely N-dealkylation sites (tertiary alicyclic amines) is 1. The molecule has 134 valence electrons. The lowest BCUT2D eigenvalue weighted by atomic mass is 10.0. The molecule has 2 saturated heterocycles. The van der Waals surface area contributed by atoms with Gasteiger partial charge in [-0.2, -0.15) is 5.10 Å². The summed E-state index contributed by atoms with van der Waals surface area (Å²) >= 11 is 1.71. The van der Waals surface area contributed by atoms with Gasteiger partial charge in [-0.3, -0.25) is 14.8 Å². The summed E-state index contributed by atoms with van der Waals surface area (Å²) in [5.74, 6) is 0.0359. The Labute approximate surface area is 151 Å². The average molecular weight is 360 g/mol. The van der Waals surface area contributed by atoms with Gasteiger partial charge in [-0.05, 0) is 38.0 Å². The molecule has 0 bridgehead atoms. The Bertz CT molecular complexity index is 735. The van der Waals surface area contributed by atoms with E-state index in [1.165, 1.54) is 4.88 Å². The van der Waals surface area contributed by atoms with Crippen LogP contribution in [0.5, 0.6) is 0 Å². The molecule has 0 aliphatic carbocycles. The van der Waals surface area contributed by atoms with Crippen molar-refractivity contribution in [2.24, 2.45) is 0 Å². The number of nitrogens with zero attached hydrogens (tertiary/aromatic N) is 3. The van der Waals surface area contributed by atoms with Crippen molar-refractivity contribution in [1.29, 1.82) is 0 Å². The Balaban J connectivity index is 1.44. The van der Waals surface area contributed by atoms with Gasteiger partial charge in [-0.15, -0.1) is 11.3 Å². The highest BCUT2D eigenvalue weighted by Gasteiger charge is 2.30. The third-order valence-corrected chi connectivity index (χ3v) is 6.08. The number of nitrogens with one attached hydrogen (secondary N) is 1. The zero-order chi connectivity index (χ0) is 17.2. The van der Waals surface area contributed by atoms with Crippen LogP contribution < -0.4 is 0 Å². The summed E-state index contributed by atoms with van der Waals surface area (Å²) in [6, 6.07) is 6.48. The number of ether oxygens (including phenoxy) is 1. The standard InChI is InChI=1S/C18H24N4O2S/c1-13-4-5-17(25-13)15-11-16(20-19-15)18(23)22-6-2-3-14(12-22)21-7-9-24-10-8-21/h4-5,11,14H,2-3,6-10,12H2,1H3,(H,19,20). The third-order valence-electron chi connectivity index (χ3n) is 5.05. The molecule has 7 heteroatoms. The highest BCUT2D eigenvalue weighted by molar-refractivity contribution is 7.15. The van der Waals surface area contributed by atoms with Crippen molar-refractivity contribution in [3.8, 4) is 10.6 Å². The van der Waals surface area contributed by atoms with Gasteiger partial charge >= 0.3 is 0 Å². The molecule has 2 aromatic rings. The Morgan fingerprint density at radius 1 is 1.32 bits per heavy atom. The van der Waals surface area contributed by atoms with Crippen molar-refractivity contribution < 1.29 is 9.53 Å². The molecule has 0 saturated carbocycles. The van der Waals surface area contributed by atoms with Gasteiger partial charge in [-0.25, -0.2) is 0 Å². The fourth-order valence-electron chi connectivity index (χ4n) is 3.68. The summed E-state index contributed by atoms with van der Waals surface area (Å²) in [4.78, 5) is 19.7. The zero-order valence-electron chi connectivity index (χ0n) is 14.5. The second kappa shape index (κ2) is 7.27. The summed E-state index contributed by atoms with van der Waals surface area (Å²) in [5, 5.41) is 7.29. The molecule has 1 N–H and O–H groups in total. The molecule has 0 aromatic carbocycles. The Kier molecular flexibility index (Phi) is 4.87. The first-order chi connectivity index (χ1) is 12.2. The van der Waals surface area contributed by atoms with E-state index in [9.17, 15) is 4.79 Å². The number of hydrogen-bond donors (Lipinski definition) is 1.